The zero-order chi connectivity index (χ0) is 12.6. The molecule has 0 aliphatic rings. The molecule has 0 bridgehead atoms. The van der Waals surface area contributed by atoms with Gasteiger partial charge in [0.05, 0.1) is 6.61 Å². The summed E-state index contributed by atoms with van der Waals surface area (Å²) in [5.74, 6) is 1.95. The summed E-state index contributed by atoms with van der Waals surface area (Å²) in [4.78, 5) is 0. The molecule has 0 spiro atoms. The van der Waals surface area contributed by atoms with Crippen molar-refractivity contribution < 1.29 is 5.11 Å². The van der Waals surface area contributed by atoms with Gasteiger partial charge < -0.3 is 10.4 Å². The Morgan fingerprint density at radius 3 is 2.38 bits per heavy atom. The maximum absolute atomic E-state index is 9.47. The fourth-order valence-electron chi connectivity index (χ4n) is 1.67. The first-order valence-corrected chi connectivity index (χ1v) is 7.46. The molecule has 0 aromatic carbocycles. The molecule has 0 aliphatic carbocycles. The Morgan fingerprint density at radius 2 is 1.94 bits per heavy atom. The van der Waals surface area contributed by atoms with Crippen LogP contribution in [-0.4, -0.2) is 34.8 Å². The van der Waals surface area contributed by atoms with E-state index in [2.05, 4.69) is 39.9 Å². The number of aliphatic hydroxyl groups is 1. The molecule has 0 rings (SSSR count). The van der Waals surface area contributed by atoms with Gasteiger partial charge in [-0.15, -0.1) is 0 Å². The normalized spacial score (nSPS) is 17.4. The van der Waals surface area contributed by atoms with E-state index >= 15 is 0 Å². The first kappa shape index (κ1) is 16.3. The molecule has 16 heavy (non-hydrogen) atoms. The summed E-state index contributed by atoms with van der Waals surface area (Å²) in [5, 5.41) is 13.5. The largest absolute Gasteiger partial charge is 0.394 e. The van der Waals surface area contributed by atoms with E-state index in [0.29, 0.717) is 5.25 Å². The number of hydrogen-bond donors (Lipinski definition) is 2. The summed E-state index contributed by atoms with van der Waals surface area (Å²) in [6, 6.07) is 0. The van der Waals surface area contributed by atoms with Crippen LogP contribution in [0.1, 0.15) is 47.5 Å². The molecule has 2 N–H and O–H groups in total. The number of rotatable bonds is 9. The standard InChI is InChI=1S/C13H29NOS/c1-6-7-14-13(5,10-15)8-12(4)16-9-11(2)3/h11-12,14-15H,6-10H2,1-5H3. The monoisotopic (exact) mass is 247 g/mol. The minimum Gasteiger partial charge on any atom is -0.394 e. The van der Waals surface area contributed by atoms with E-state index in [9.17, 15) is 5.11 Å². The van der Waals surface area contributed by atoms with Crippen LogP contribution < -0.4 is 5.32 Å². The number of nitrogens with one attached hydrogen (secondary N) is 1. The van der Waals surface area contributed by atoms with Crippen molar-refractivity contribution in [2.45, 2.75) is 58.2 Å². The highest BCUT2D eigenvalue weighted by Crippen LogP contribution is 2.23. The van der Waals surface area contributed by atoms with Gasteiger partial charge in [0, 0.05) is 10.8 Å². The highest BCUT2D eigenvalue weighted by molar-refractivity contribution is 7.99. The van der Waals surface area contributed by atoms with Crippen molar-refractivity contribution in [3.63, 3.8) is 0 Å². The molecule has 0 saturated carbocycles. The Morgan fingerprint density at radius 1 is 1.31 bits per heavy atom. The molecule has 3 heteroatoms. The van der Waals surface area contributed by atoms with Crippen molar-refractivity contribution >= 4 is 11.8 Å². The minimum absolute atomic E-state index is 0.112. The lowest BCUT2D eigenvalue weighted by Crippen LogP contribution is -2.47. The Labute approximate surface area is 106 Å². The molecule has 0 aromatic rings. The maximum atomic E-state index is 9.47. The Kier molecular flexibility index (Phi) is 8.52. The molecule has 98 valence electrons. The number of thioether (sulfide) groups is 1. The molecule has 2 atom stereocenters. The topological polar surface area (TPSA) is 32.3 Å². The third-order valence-corrected chi connectivity index (χ3v) is 4.20. The zero-order valence-corrected chi connectivity index (χ0v) is 12.4. The predicted molar refractivity (Wildman–Crippen MR) is 75.2 cm³/mol. The predicted octanol–water partition coefficient (Wildman–Crippen LogP) is 2.90. The van der Waals surface area contributed by atoms with Crippen LogP contribution in [0, 0.1) is 5.92 Å². The first-order chi connectivity index (χ1) is 7.43. The van der Waals surface area contributed by atoms with E-state index in [1.807, 2.05) is 11.8 Å². The van der Waals surface area contributed by atoms with Crippen molar-refractivity contribution in [3.05, 3.63) is 0 Å². The minimum atomic E-state index is -0.112. The highest BCUT2D eigenvalue weighted by atomic mass is 32.2. The highest BCUT2D eigenvalue weighted by Gasteiger charge is 2.25. The molecule has 0 saturated heterocycles. The summed E-state index contributed by atoms with van der Waals surface area (Å²) in [6.45, 7) is 12.2. The fourth-order valence-corrected chi connectivity index (χ4v) is 2.87. The van der Waals surface area contributed by atoms with Crippen LogP contribution in [0.5, 0.6) is 0 Å². The van der Waals surface area contributed by atoms with Gasteiger partial charge in [0.1, 0.15) is 0 Å². The van der Waals surface area contributed by atoms with Crippen LogP contribution in [0.3, 0.4) is 0 Å². The van der Waals surface area contributed by atoms with Crippen molar-refractivity contribution in [1.29, 1.82) is 0 Å². The Hall–Kier alpha value is 0.270. The number of hydrogen-bond acceptors (Lipinski definition) is 3. The zero-order valence-electron chi connectivity index (χ0n) is 11.5. The molecule has 0 fully saturated rings. The number of aliphatic hydroxyl groups excluding tert-OH is 1. The lowest BCUT2D eigenvalue weighted by atomic mass is 9.97. The fraction of sp³-hybridized carbons (Fsp3) is 1.00. The summed E-state index contributed by atoms with van der Waals surface area (Å²) >= 11 is 2.01. The Bertz CT molecular complexity index is 175. The van der Waals surface area contributed by atoms with Gasteiger partial charge >= 0.3 is 0 Å². The molecule has 0 radical (unpaired) electrons. The van der Waals surface area contributed by atoms with E-state index < -0.39 is 0 Å². The van der Waals surface area contributed by atoms with Crippen molar-refractivity contribution in [2.24, 2.45) is 5.92 Å². The van der Waals surface area contributed by atoms with Crippen LogP contribution in [0.15, 0.2) is 0 Å². The average Bonchev–Trinajstić information content (AvgIpc) is 2.23. The van der Waals surface area contributed by atoms with Gasteiger partial charge in [-0.05, 0) is 38.0 Å². The van der Waals surface area contributed by atoms with Gasteiger partial charge in [-0.2, -0.15) is 11.8 Å². The molecule has 0 heterocycles. The van der Waals surface area contributed by atoms with E-state index in [1.54, 1.807) is 0 Å². The van der Waals surface area contributed by atoms with Crippen LogP contribution in [0.2, 0.25) is 0 Å². The summed E-state index contributed by atoms with van der Waals surface area (Å²) in [5.41, 5.74) is -0.112. The van der Waals surface area contributed by atoms with Gasteiger partial charge in [0.2, 0.25) is 0 Å². The second-order valence-electron chi connectivity index (χ2n) is 5.39. The Balaban J connectivity index is 3.98. The van der Waals surface area contributed by atoms with Crippen LogP contribution in [0.4, 0.5) is 0 Å². The maximum Gasteiger partial charge on any atom is 0.0611 e. The summed E-state index contributed by atoms with van der Waals surface area (Å²) < 4.78 is 0. The SMILES string of the molecule is CCCNC(C)(CO)CC(C)SCC(C)C. The lowest BCUT2D eigenvalue weighted by Gasteiger charge is -2.31. The summed E-state index contributed by atoms with van der Waals surface area (Å²) in [7, 11) is 0. The van der Waals surface area contributed by atoms with Crippen LogP contribution >= 0.6 is 11.8 Å². The average molecular weight is 247 g/mol. The van der Waals surface area contributed by atoms with Crippen molar-refractivity contribution in [2.75, 3.05) is 18.9 Å². The van der Waals surface area contributed by atoms with Crippen molar-refractivity contribution in [3.8, 4) is 0 Å². The van der Waals surface area contributed by atoms with Crippen molar-refractivity contribution in [1.82, 2.24) is 5.32 Å². The van der Waals surface area contributed by atoms with Gasteiger partial charge in [-0.1, -0.05) is 27.7 Å². The van der Waals surface area contributed by atoms with E-state index in [-0.39, 0.29) is 12.1 Å². The summed E-state index contributed by atoms with van der Waals surface area (Å²) in [6.07, 6.45) is 2.14. The van der Waals surface area contributed by atoms with E-state index in [0.717, 1.165) is 25.3 Å². The molecule has 2 nitrogen and oxygen atoms in total. The quantitative estimate of drug-likeness (QED) is 0.657. The van der Waals surface area contributed by atoms with E-state index in [1.165, 1.54) is 5.75 Å². The molecule has 0 aromatic heterocycles. The second-order valence-corrected chi connectivity index (χ2v) is 6.86. The molecular weight excluding hydrogens is 218 g/mol. The molecule has 0 amide bonds. The smallest absolute Gasteiger partial charge is 0.0611 e. The van der Waals surface area contributed by atoms with Crippen LogP contribution in [0.25, 0.3) is 0 Å². The third kappa shape index (κ3) is 7.53. The van der Waals surface area contributed by atoms with E-state index in [4.69, 9.17) is 0 Å². The third-order valence-electron chi connectivity index (χ3n) is 2.60. The second kappa shape index (κ2) is 8.37. The molecular formula is C13H29NOS. The first-order valence-electron chi connectivity index (χ1n) is 6.41. The van der Waals surface area contributed by atoms with Crippen LogP contribution in [-0.2, 0) is 0 Å². The van der Waals surface area contributed by atoms with Gasteiger partial charge in [0.25, 0.3) is 0 Å². The molecule has 0 aliphatic heterocycles. The van der Waals surface area contributed by atoms with Gasteiger partial charge in [-0.25, -0.2) is 0 Å². The van der Waals surface area contributed by atoms with Gasteiger partial charge in [-0.3, -0.25) is 0 Å². The molecule has 2 unspecified atom stereocenters. The van der Waals surface area contributed by atoms with Gasteiger partial charge in [0.15, 0.2) is 0 Å². The lowest BCUT2D eigenvalue weighted by molar-refractivity contribution is 0.166.